The van der Waals surface area contributed by atoms with Crippen molar-refractivity contribution < 1.29 is 36.2 Å². The summed E-state index contributed by atoms with van der Waals surface area (Å²) in [6, 6.07) is 5.57. The number of alkyl halides is 5. The smallest absolute Gasteiger partial charge is 0.453 e. The van der Waals surface area contributed by atoms with Crippen molar-refractivity contribution in [2.24, 2.45) is 0 Å². The number of rotatable bonds is 11. The Kier molecular flexibility index (Phi) is 8.78. The van der Waals surface area contributed by atoms with Crippen LogP contribution in [0.3, 0.4) is 0 Å². The van der Waals surface area contributed by atoms with E-state index in [1.807, 2.05) is 18.2 Å². The van der Waals surface area contributed by atoms with Crippen LogP contribution in [0.4, 0.5) is 22.0 Å². The molecule has 10 heteroatoms. The van der Waals surface area contributed by atoms with E-state index in [1.54, 1.807) is 0 Å². The first-order chi connectivity index (χ1) is 15.6. The van der Waals surface area contributed by atoms with Crippen LogP contribution in [0.5, 0.6) is 11.5 Å². The highest BCUT2D eigenvalue weighted by atomic mass is 19.4. The number of ether oxygens (including phenoxy) is 2. The van der Waals surface area contributed by atoms with E-state index < -0.39 is 18.5 Å². The quantitative estimate of drug-likeness (QED) is 0.369. The fourth-order valence-electron chi connectivity index (χ4n) is 4.19. The zero-order chi connectivity index (χ0) is 23.9. The van der Waals surface area contributed by atoms with E-state index in [0.717, 1.165) is 31.5 Å². The fraction of sp³-hybridized carbons (Fsp3) is 0.696. The van der Waals surface area contributed by atoms with Crippen LogP contribution in [0, 0.1) is 0 Å². The van der Waals surface area contributed by atoms with Gasteiger partial charge in [-0.1, -0.05) is 12.5 Å². The molecule has 1 unspecified atom stereocenters. The number of carbonyl (C=O) groups excluding carboxylic acids is 1. The molecule has 1 N–H and O–H groups in total. The molecule has 0 radical (unpaired) electrons. The molecule has 0 saturated carbocycles. The molecule has 2 aliphatic heterocycles. The molecule has 2 aliphatic rings. The Morgan fingerprint density at radius 3 is 2.39 bits per heavy atom. The third kappa shape index (κ3) is 7.72. The van der Waals surface area contributed by atoms with Gasteiger partial charge in [0.1, 0.15) is 13.2 Å². The van der Waals surface area contributed by atoms with Crippen molar-refractivity contribution in [2.75, 3.05) is 32.8 Å². The SMILES string of the molecule is O=C(CCCCCC(F)(F)C(F)(F)F)NC(Cc1ccc2c(c1)OCCO2)CN1CCCC1. The van der Waals surface area contributed by atoms with Crippen LogP contribution in [0.15, 0.2) is 18.2 Å². The largest absolute Gasteiger partial charge is 0.486 e. The Labute approximate surface area is 190 Å². The van der Waals surface area contributed by atoms with E-state index in [-0.39, 0.29) is 37.6 Å². The number of carbonyl (C=O) groups is 1. The van der Waals surface area contributed by atoms with E-state index in [1.165, 1.54) is 0 Å². The van der Waals surface area contributed by atoms with Crippen LogP contribution in [0.1, 0.15) is 50.5 Å². The molecule has 1 aromatic carbocycles. The lowest BCUT2D eigenvalue weighted by atomic mass is 10.0. The van der Waals surface area contributed by atoms with Crippen LogP contribution in [0.25, 0.3) is 0 Å². The summed E-state index contributed by atoms with van der Waals surface area (Å²) in [6.07, 6.45) is -3.74. The Balaban J connectivity index is 1.48. The molecule has 1 atom stereocenters. The first-order valence-corrected chi connectivity index (χ1v) is 11.5. The Morgan fingerprint density at radius 1 is 1.00 bits per heavy atom. The van der Waals surface area contributed by atoms with Crippen LogP contribution in [-0.2, 0) is 11.2 Å². The molecule has 1 saturated heterocycles. The summed E-state index contributed by atoms with van der Waals surface area (Å²) in [4.78, 5) is 14.8. The van der Waals surface area contributed by atoms with Gasteiger partial charge in [-0.2, -0.15) is 22.0 Å². The van der Waals surface area contributed by atoms with E-state index in [0.29, 0.717) is 37.7 Å². The normalized spacial score (nSPS) is 17.7. The van der Waals surface area contributed by atoms with E-state index in [2.05, 4.69) is 10.2 Å². The van der Waals surface area contributed by atoms with Crippen molar-refractivity contribution in [1.82, 2.24) is 10.2 Å². The third-order valence-electron chi connectivity index (χ3n) is 5.94. The lowest BCUT2D eigenvalue weighted by Crippen LogP contribution is -2.44. The molecule has 0 aromatic heterocycles. The molecule has 0 bridgehead atoms. The highest BCUT2D eigenvalue weighted by molar-refractivity contribution is 5.76. The summed E-state index contributed by atoms with van der Waals surface area (Å²) in [5.41, 5.74) is 0.998. The summed E-state index contributed by atoms with van der Waals surface area (Å²) >= 11 is 0. The highest BCUT2D eigenvalue weighted by Gasteiger charge is 2.56. The maximum atomic E-state index is 13.0. The van der Waals surface area contributed by atoms with Crippen molar-refractivity contribution in [3.63, 3.8) is 0 Å². The summed E-state index contributed by atoms with van der Waals surface area (Å²) < 4.78 is 73.8. The molecule has 33 heavy (non-hydrogen) atoms. The maximum Gasteiger partial charge on any atom is 0.453 e. The Bertz CT molecular complexity index is 782. The Hall–Kier alpha value is -2.10. The zero-order valence-electron chi connectivity index (χ0n) is 18.6. The van der Waals surface area contributed by atoms with Crippen LogP contribution in [0.2, 0.25) is 0 Å². The molecule has 0 aliphatic carbocycles. The summed E-state index contributed by atoms with van der Waals surface area (Å²) in [7, 11) is 0. The van der Waals surface area contributed by atoms with Gasteiger partial charge in [-0.05, 0) is 62.9 Å². The van der Waals surface area contributed by atoms with Crippen LogP contribution >= 0.6 is 0 Å². The number of halogens is 5. The van der Waals surface area contributed by atoms with Gasteiger partial charge >= 0.3 is 12.1 Å². The van der Waals surface area contributed by atoms with Gasteiger partial charge in [-0.15, -0.1) is 0 Å². The molecule has 186 valence electrons. The first kappa shape index (κ1) is 25.5. The lowest BCUT2D eigenvalue weighted by molar-refractivity contribution is -0.284. The molecule has 2 heterocycles. The van der Waals surface area contributed by atoms with Crippen molar-refractivity contribution >= 4 is 5.91 Å². The minimum atomic E-state index is -5.53. The molecule has 1 aromatic rings. The van der Waals surface area contributed by atoms with E-state index in [4.69, 9.17) is 9.47 Å². The van der Waals surface area contributed by atoms with Crippen molar-refractivity contribution in [3.8, 4) is 11.5 Å². The molecule has 1 amide bonds. The lowest BCUT2D eigenvalue weighted by Gasteiger charge is -2.25. The number of hydrogen-bond donors (Lipinski definition) is 1. The molecule has 1 fully saturated rings. The number of fused-ring (bicyclic) bond motifs is 1. The maximum absolute atomic E-state index is 13.0. The fourth-order valence-corrected chi connectivity index (χ4v) is 4.19. The van der Waals surface area contributed by atoms with Gasteiger partial charge in [0.15, 0.2) is 11.5 Å². The number of likely N-dealkylation sites (tertiary alicyclic amines) is 1. The van der Waals surface area contributed by atoms with Gasteiger partial charge in [0.05, 0.1) is 0 Å². The zero-order valence-corrected chi connectivity index (χ0v) is 18.6. The summed E-state index contributed by atoms with van der Waals surface area (Å²) in [5.74, 6) is -3.53. The molecular weight excluding hydrogens is 447 g/mol. The van der Waals surface area contributed by atoms with Gasteiger partial charge < -0.3 is 19.7 Å². The number of unbranched alkanes of at least 4 members (excludes halogenated alkanes) is 2. The summed E-state index contributed by atoms with van der Waals surface area (Å²) in [6.45, 7) is 3.63. The van der Waals surface area contributed by atoms with Crippen LogP contribution < -0.4 is 14.8 Å². The molecule has 3 rings (SSSR count). The monoisotopic (exact) mass is 478 g/mol. The number of amides is 1. The molecule has 0 spiro atoms. The van der Waals surface area contributed by atoms with Gasteiger partial charge in [-0.3, -0.25) is 4.79 Å². The van der Waals surface area contributed by atoms with Crippen LogP contribution in [-0.4, -0.2) is 61.8 Å². The molecular formula is C23H31F5N2O3. The predicted octanol–water partition coefficient (Wildman–Crippen LogP) is 4.73. The van der Waals surface area contributed by atoms with Crippen molar-refractivity contribution in [3.05, 3.63) is 23.8 Å². The molecule has 5 nitrogen and oxygen atoms in total. The standard InChI is InChI=1S/C23H31F5N2O3/c24-22(25,23(26,27)28)9-3-1-2-6-21(31)29-18(16-30-10-4-5-11-30)14-17-7-8-19-20(15-17)33-13-12-32-19/h7-8,15,18H,1-6,9-14,16H2,(H,29,31). The van der Waals surface area contributed by atoms with E-state index >= 15 is 0 Å². The Morgan fingerprint density at radius 2 is 1.70 bits per heavy atom. The highest BCUT2D eigenvalue weighted by Crippen LogP contribution is 2.39. The average Bonchev–Trinajstić information content (AvgIpc) is 3.25. The second-order valence-electron chi connectivity index (χ2n) is 8.72. The summed E-state index contributed by atoms with van der Waals surface area (Å²) in [5, 5.41) is 3.02. The second-order valence-corrected chi connectivity index (χ2v) is 8.72. The van der Waals surface area contributed by atoms with Crippen molar-refractivity contribution in [1.29, 1.82) is 0 Å². The minimum Gasteiger partial charge on any atom is -0.486 e. The van der Waals surface area contributed by atoms with Gasteiger partial charge in [0, 0.05) is 25.4 Å². The number of nitrogens with zero attached hydrogens (tertiary/aromatic N) is 1. The first-order valence-electron chi connectivity index (χ1n) is 11.5. The van der Waals surface area contributed by atoms with Gasteiger partial charge in [0.25, 0.3) is 0 Å². The second kappa shape index (κ2) is 11.4. The van der Waals surface area contributed by atoms with Crippen molar-refractivity contribution in [2.45, 2.75) is 69.5 Å². The van der Waals surface area contributed by atoms with Gasteiger partial charge in [0.2, 0.25) is 5.91 Å². The average molecular weight is 479 g/mol. The predicted molar refractivity (Wildman–Crippen MR) is 113 cm³/mol. The third-order valence-corrected chi connectivity index (χ3v) is 5.94. The number of hydrogen-bond acceptors (Lipinski definition) is 4. The van der Waals surface area contributed by atoms with E-state index in [9.17, 15) is 26.7 Å². The topological polar surface area (TPSA) is 50.8 Å². The number of nitrogens with one attached hydrogen (secondary N) is 1. The minimum absolute atomic E-state index is 0.0925. The van der Waals surface area contributed by atoms with Gasteiger partial charge in [-0.25, -0.2) is 0 Å². The number of benzene rings is 1.